The Labute approximate surface area is 251 Å². The van der Waals surface area contributed by atoms with E-state index >= 15 is 0 Å². The average Bonchev–Trinajstić information content (AvgIpc) is 3.02. The standard InChI is InChI=1S/C33H34FN3O5S/c1-24-9-7-8-12-26(24)22-36(31(33(39)35-2)21-25-10-5-4-6-11-25)32(38)23-37(28-15-13-27(34)14-16-28)43(40,41)30-19-17-29(42-3)18-20-30/h4-20,31H,21-23H2,1-3H3,(H,35,39)/t31-/m0/s1. The third-order valence-electron chi connectivity index (χ3n) is 7.16. The number of nitrogens with zero attached hydrogens (tertiary/aromatic N) is 2. The van der Waals surface area contributed by atoms with E-state index in [1.807, 2.05) is 61.5 Å². The zero-order chi connectivity index (χ0) is 31.0. The van der Waals surface area contributed by atoms with Gasteiger partial charge in [0, 0.05) is 20.0 Å². The smallest absolute Gasteiger partial charge is 0.264 e. The van der Waals surface area contributed by atoms with Gasteiger partial charge in [-0.05, 0) is 72.1 Å². The van der Waals surface area contributed by atoms with E-state index in [4.69, 9.17) is 4.74 Å². The summed E-state index contributed by atoms with van der Waals surface area (Å²) in [5.41, 5.74) is 2.65. The molecule has 4 aromatic rings. The first-order chi connectivity index (χ1) is 20.6. The fraction of sp³-hybridized carbons (Fsp3) is 0.212. The number of hydrogen-bond donors (Lipinski definition) is 1. The number of aryl methyl sites for hydroxylation is 1. The quantitative estimate of drug-likeness (QED) is 0.253. The topological polar surface area (TPSA) is 96.0 Å². The Hall–Kier alpha value is -4.70. The number of benzene rings is 4. The molecular weight excluding hydrogens is 569 g/mol. The second-order valence-corrected chi connectivity index (χ2v) is 11.8. The second-order valence-electron chi connectivity index (χ2n) is 9.93. The summed E-state index contributed by atoms with van der Waals surface area (Å²) in [5, 5.41) is 2.66. The van der Waals surface area contributed by atoms with Crippen LogP contribution >= 0.6 is 0 Å². The van der Waals surface area contributed by atoms with Gasteiger partial charge in [0.05, 0.1) is 17.7 Å². The van der Waals surface area contributed by atoms with Crippen LogP contribution in [0.15, 0.2) is 108 Å². The number of likely N-dealkylation sites (N-methyl/N-ethyl adjacent to an activating group) is 1. The Morgan fingerprint density at radius 3 is 2.12 bits per heavy atom. The van der Waals surface area contributed by atoms with Crippen LogP contribution in [0, 0.1) is 12.7 Å². The van der Waals surface area contributed by atoms with Gasteiger partial charge in [-0.15, -0.1) is 0 Å². The molecule has 4 aromatic carbocycles. The molecule has 0 saturated heterocycles. The highest BCUT2D eigenvalue weighted by Crippen LogP contribution is 2.27. The summed E-state index contributed by atoms with van der Waals surface area (Å²) in [6.07, 6.45) is 0.208. The number of anilines is 1. The van der Waals surface area contributed by atoms with Gasteiger partial charge in [-0.2, -0.15) is 0 Å². The fourth-order valence-corrected chi connectivity index (χ4v) is 6.12. The van der Waals surface area contributed by atoms with E-state index in [-0.39, 0.29) is 23.5 Å². The molecule has 4 rings (SSSR count). The van der Waals surface area contributed by atoms with Crippen LogP contribution < -0.4 is 14.4 Å². The molecule has 0 aliphatic heterocycles. The minimum atomic E-state index is -4.30. The van der Waals surface area contributed by atoms with E-state index in [2.05, 4.69) is 5.32 Å². The molecule has 0 fully saturated rings. The van der Waals surface area contributed by atoms with Gasteiger partial charge in [-0.1, -0.05) is 54.6 Å². The van der Waals surface area contributed by atoms with E-state index in [1.165, 1.54) is 55.5 Å². The molecule has 0 aromatic heterocycles. The number of halogens is 1. The predicted octanol–water partition coefficient (Wildman–Crippen LogP) is 4.72. The molecule has 2 amide bonds. The van der Waals surface area contributed by atoms with E-state index in [0.29, 0.717) is 5.75 Å². The van der Waals surface area contributed by atoms with Gasteiger partial charge >= 0.3 is 0 Å². The van der Waals surface area contributed by atoms with Crippen molar-refractivity contribution in [3.63, 3.8) is 0 Å². The lowest BCUT2D eigenvalue weighted by molar-refractivity contribution is -0.139. The Bertz CT molecular complexity index is 1650. The van der Waals surface area contributed by atoms with E-state index in [9.17, 15) is 22.4 Å². The number of ether oxygens (including phenoxy) is 1. The Morgan fingerprint density at radius 2 is 1.51 bits per heavy atom. The average molecular weight is 604 g/mol. The fourth-order valence-electron chi connectivity index (χ4n) is 4.70. The van der Waals surface area contributed by atoms with Crippen molar-refractivity contribution in [1.82, 2.24) is 10.2 Å². The summed E-state index contributed by atoms with van der Waals surface area (Å²) in [6.45, 7) is 1.34. The van der Waals surface area contributed by atoms with E-state index in [0.717, 1.165) is 33.1 Å². The summed E-state index contributed by atoms with van der Waals surface area (Å²) < 4.78 is 47.9. The maximum Gasteiger partial charge on any atom is 0.264 e. The van der Waals surface area contributed by atoms with Gasteiger partial charge in [0.1, 0.15) is 24.2 Å². The van der Waals surface area contributed by atoms with Crippen molar-refractivity contribution in [3.8, 4) is 5.75 Å². The summed E-state index contributed by atoms with van der Waals surface area (Å²) in [5.74, 6) is -1.09. The Kier molecular flexibility index (Phi) is 10.2. The Balaban J connectivity index is 1.79. The number of carbonyl (C=O) groups excluding carboxylic acids is 2. The van der Waals surface area contributed by atoms with Crippen molar-refractivity contribution in [2.24, 2.45) is 0 Å². The van der Waals surface area contributed by atoms with Gasteiger partial charge in [0.25, 0.3) is 10.0 Å². The first-order valence-electron chi connectivity index (χ1n) is 13.7. The third-order valence-corrected chi connectivity index (χ3v) is 8.95. The number of sulfonamides is 1. The molecular formula is C33H34FN3O5S. The molecule has 43 heavy (non-hydrogen) atoms. The predicted molar refractivity (Wildman–Crippen MR) is 164 cm³/mol. The van der Waals surface area contributed by atoms with Crippen molar-refractivity contribution >= 4 is 27.5 Å². The molecule has 0 unspecified atom stereocenters. The molecule has 0 aliphatic rings. The summed E-state index contributed by atoms with van der Waals surface area (Å²) >= 11 is 0. The lowest BCUT2D eigenvalue weighted by Crippen LogP contribution is -2.53. The number of hydrogen-bond acceptors (Lipinski definition) is 5. The van der Waals surface area contributed by atoms with Gasteiger partial charge < -0.3 is 15.0 Å². The number of amides is 2. The van der Waals surface area contributed by atoms with Gasteiger partial charge in [-0.25, -0.2) is 12.8 Å². The van der Waals surface area contributed by atoms with Crippen LogP contribution in [0.1, 0.15) is 16.7 Å². The molecule has 8 nitrogen and oxygen atoms in total. The normalized spacial score (nSPS) is 11.8. The molecule has 0 aliphatic carbocycles. The van der Waals surface area contributed by atoms with Crippen LogP contribution in [0.3, 0.4) is 0 Å². The van der Waals surface area contributed by atoms with E-state index in [1.54, 1.807) is 0 Å². The van der Waals surface area contributed by atoms with Crippen molar-refractivity contribution in [2.75, 3.05) is 25.0 Å². The highest BCUT2D eigenvalue weighted by atomic mass is 32.2. The first-order valence-corrected chi connectivity index (χ1v) is 15.1. The third kappa shape index (κ3) is 7.58. The molecule has 0 radical (unpaired) electrons. The van der Waals surface area contributed by atoms with Crippen molar-refractivity contribution in [2.45, 2.75) is 30.8 Å². The summed E-state index contributed by atoms with van der Waals surface area (Å²) in [6, 6.07) is 26.5. The highest BCUT2D eigenvalue weighted by molar-refractivity contribution is 7.92. The van der Waals surface area contributed by atoms with Crippen LogP contribution in [0.4, 0.5) is 10.1 Å². The van der Waals surface area contributed by atoms with Crippen LogP contribution in [-0.4, -0.2) is 51.9 Å². The van der Waals surface area contributed by atoms with Gasteiger partial charge in [-0.3, -0.25) is 13.9 Å². The van der Waals surface area contributed by atoms with Crippen LogP contribution in [0.5, 0.6) is 5.75 Å². The molecule has 0 heterocycles. The largest absolute Gasteiger partial charge is 0.497 e. The van der Waals surface area contributed by atoms with Gasteiger partial charge in [0.15, 0.2) is 0 Å². The second kappa shape index (κ2) is 14.0. The lowest BCUT2D eigenvalue weighted by atomic mass is 10.0. The molecule has 1 atom stereocenters. The van der Waals surface area contributed by atoms with Crippen molar-refractivity contribution in [3.05, 3.63) is 126 Å². The number of methoxy groups -OCH3 is 1. The molecule has 1 N–H and O–H groups in total. The number of rotatable bonds is 12. The molecule has 0 saturated carbocycles. The SMILES string of the molecule is CNC(=O)[C@H](Cc1ccccc1)N(Cc1ccccc1C)C(=O)CN(c1ccc(F)cc1)S(=O)(=O)c1ccc(OC)cc1. The van der Waals surface area contributed by atoms with Crippen LogP contribution in [0.25, 0.3) is 0 Å². The van der Waals surface area contributed by atoms with Crippen molar-refractivity contribution < 1.29 is 27.1 Å². The van der Waals surface area contributed by atoms with E-state index < -0.39 is 40.2 Å². The zero-order valence-corrected chi connectivity index (χ0v) is 25.1. The molecule has 10 heteroatoms. The maximum atomic E-state index is 14.3. The minimum absolute atomic E-state index is 0.0657. The molecule has 0 spiro atoms. The Morgan fingerprint density at radius 1 is 0.884 bits per heavy atom. The van der Waals surface area contributed by atoms with Crippen LogP contribution in [0.2, 0.25) is 0 Å². The molecule has 0 bridgehead atoms. The lowest BCUT2D eigenvalue weighted by Gasteiger charge is -2.34. The summed E-state index contributed by atoms with van der Waals surface area (Å²) in [7, 11) is -1.34. The summed E-state index contributed by atoms with van der Waals surface area (Å²) in [4.78, 5) is 28.9. The molecule has 224 valence electrons. The maximum absolute atomic E-state index is 14.3. The highest BCUT2D eigenvalue weighted by Gasteiger charge is 2.34. The monoisotopic (exact) mass is 603 g/mol. The zero-order valence-electron chi connectivity index (χ0n) is 24.2. The number of nitrogens with one attached hydrogen (secondary N) is 1. The van der Waals surface area contributed by atoms with Gasteiger partial charge in [0.2, 0.25) is 11.8 Å². The first kappa shape index (κ1) is 31.2. The number of carbonyl (C=O) groups is 2. The van der Waals surface area contributed by atoms with Crippen LogP contribution in [-0.2, 0) is 32.6 Å². The van der Waals surface area contributed by atoms with Crippen molar-refractivity contribution in [1.29, 1.82) is 0 Å². The minimum Gasteiger partial charge on any atom is -0.497 e.